The van der Waals surface area contributed by atoms with Gasteiger partial charge in [0.15, 0.2) is 0 Å². The molecule has 0 unspecified atom stereocenters. The van der Waals surface area contributed by atoms with E-state index in [9.17, 15) is 9.59 Å². The third-order valence-corrected chi connectivity index (χ3v) is 1.49. The first-order valence-corrected chi connectivity index (χ1v) is 4.93. The summed E-state index contributed by atoms with van der Waals surface area (Å²) >= 11 is 0. The molecule has 94 valence electrons. The van der Waals surface area contributed by atoms with Gasteiger partial charge in [-0.25, -0.2) is 4.79 Å². The van der Waals surface area contributed by atoms with E-state index >= 15 is 0 Å². The number of hydrogen-bond acceptors (Lipinski definition) is 5. The van der Waals surface area contributed by atoms with E-state index in [1.807, 2.05) is 20.8 Å². The smallest absolute Gasteiger partial charge is 0.372 e. The maximum atomic E-state index is 10.5. The van der Waals surface area contributed by atoms with Gasteiger partial charge in [0, 0.05) is 0 Å². The van der Waals surface area contributed by atoms with Crippen LogP contribution in [-0.4, -0.2) is 23.3 Å². The minimum Gasteiger partial charge on any atom is -0.462 e. The Morgan fingerprint density at radius 2 is 1.76 bits per heavy atom. The Labute approximate surface area is 99.9 Å². The van der Waals surface area contributed by atoms with Crippen LogP contribution in [0.4, 0.5) is 0 Å². The van der Waals surface area contributed by atoms with Crippen LogP contribution in [0.1, 0.15) is 31.1 Å². The molecule has 1 aromatic rings. The summed E-state index contributed by atoms with van der Waals surface area (Å²) < 4.78 is 4.55. The highest BCUT2D eigenvalue weighted by molar-refractivity contribution is 5.88. The molecular weight excluding hydrogens is 224 g/mol. The first-order chi connectivity index (χ1) is 7.90. The summed E-state index contributed by atoms with van der Waals surface area (Å²) in [5, 5.41) is 7.94. The van der Waals surface area contributed by atoms with Gasteiger partial charge in [-0.15, -0.1) is 0 Å². The molecule has 0 radical (unpaired) electrons. The van der Waals surface area contributed by atoms with Gasteiger partial charge in [-0.2, -0.15) is 5.26 Å². The van der Waals surface area contributed by atoms with Crippen LogP contribution in [-0.2, 0) is 14.4 Å². The quantitative estimate of drug-likeness (QED) is 0.487. The molecule has 17 heavy (non-hydrogen) atoms. The summed E-state index contributed by atoms with van der Waals surface area (Å²) in [6.07, 6.45) is 0. The fraction of sp³-hybridized carbons (Fsp3) is 0.333. The Kier molecular flexibility index (Phi) is 6.58. The molecule has 0 aromatic heterocycles. The van der Waals surface area contributed by atoms with Crippen LogP contribution in [0.5, 0.6) is 0 Å². The molecule has 1 aromatic carbocycles. The Balaban J connectivity index is 0.000000325. The Bertz CT molecular complexity index is 340. The van der Waals surface area contributed by atoms with Crippen molar-refractivity contribution in [3.05, 3.63) is 35.9 Å². The van der Waals surface area contributed by atoms with E-state index in [0.717, 1.165) is 0 Å². The van der Waals surface area contributed by atoms with Gasteiger partial charge < -0.3 is 4.74 Å². The molecule has 0 bridgehead atoms. The van der Waals surface area contributed by atoms with E-state index < -0.39 is 5.97 Å². The lowest BCUT2D eigenvalue weighted by atomic mass is 10.2. The molecule has 0 aliphatic carbocycles. The second-order valence-electron chi connectivity index (χ2n) is 4.07. The van der Waals surface area contributed by atoms with E-state index in [1.54, 1.807) is 30.3 Å². The highest BCUT2D eigenvalue weighted by atomic mass is 17.1. The van der Waals surface area contributed by atoms with Gasteiger partial charge >= 0.3 is 5.97 Å². The van der Waals surface area contributed by atoms with Crippen molar-refractivity contribution in [1.29, 1.82) is 0 Å². The van der Waals surface area contributed by atoms with Crippen molar-refractivity contribution in [1.82, 2.24) is 0 Å². The average molecular weight is 240 g/mol. The summed E-state index contributed by atoms with van der Waals surface area (Å²) in [6, 6.07) is 8.25. The topological polar surface area (TPSA) is 72.8 Å². The molecule has 0 spiro atoms. The predicted molar refractivity (Wildman–Crippen MR) is 61.4 cm³/mol. The van der Waals surface area contributed by atoms with Gasteiger partial charge in [-0.3, -0.25) is 9.68 Å². The van der Waals surface area contributed by atoms with Crippen molar-refractivity contribution in [3.8, 4) is 0 Å². The van der Waals surface area contributed by atoms with Crippen LogP contribution in [0.3, 0.4) is 0 Å². The lowest BCUT2D eigenvalue weighted by molar-refractivity contribution is -0.182. The SMILES string of the molecule is CC(C)(C)OC=O.O=C(OO)c1ccccc1. The normalized spacial score (nSPS) is 9.65. The third kappa shape index (κ3) is 7.98. The van der Waals surface area contributed by atoms with Gasteiger partial charge in [0.1, 0.15) is 5.60 Å². The summed E-state index contributed by atoms with van der Waals surface area (Å²) in [5.41, 5.74) is 0.0203. The highest BCUT2D eigenvalue weighted by Crippen LogP contribution is 2.02. The zero-order chi connectivity index (χ0) is 13.3. The van der Waals surface area contributed by atoms with Gasteiger partial charge in [-0.05, 0) is 32.9 Å². The predicted octanol–water partition coefficient (Wildman–Crippen LogP) is 2.27. The Morgan fingerprint density at radius 1 is 1.24 bits per heavy atom. The lowest BCUT2D eigenvalue weighted by Gasteiger charge is -2.14. The van der Waals surface area contributed by atoms with Crippen LogP contribution < -0.4 is 0 Å². The fourth-order valence-corrected chi connectivity index (χ4v) is 0.771. The van der Waals surface area contributed by atoms with Crippen molar-refractivity contribution >= 4 is 12.4 Å². The van der Waals surface area contributed by atoms with Crippen LogP contribution in [0, 0.1) is 0 Å². The molecule has 0 heterocycles. The zero-order valence-electron chi connectivity index (χ0n) is 10.0. The monoisotopic (exact) mass is 240 g/mol. The first-order valence-electron chi connectivity index (χ1n) is 4.93. The molecule has 5 heteroatoms. The molecule has 0 aliphatic rings. The van der Waals surface area contributed by atoms with Crippen LogP contribution in [0.25, 0.3) is 0 Å². The number of ether oxygens (including phenoxy) is 1. The summed E-state index contributed by atoms with van der Waals surface area (Å²) in [7, 11) is 0. The fourth-order valence-electron chi connectivity index (χ4n) is 0.771. The molecule has 5 nitrogen and oxygen atoms in total. The Hall–Kier alpha value is -1.88. The van der Waals surface area contributed by atoms with Crippen molar-refractivity contribution < 1.29 is 24.5 Å². The van der Waals surface area contributed by atoms with Crippen LogP contribution in [0.2, 0.25) is 0 Å². The molecule has 1 rings (SSSR count). The molecule has 0 saturated carbocycles. The molecule has 1 N–H and O–H groups in total. The first kappa shape index (κ1) is 15.1. The van der Waals surface area contributed by atoms with Crippen LogP contribution in [0.15, 0.2) is 30.3 Å². The Morgan fingerprint density at radius 3 is 2.06 bits per heavy atom. The number of carbonyl (C=O) groups excluding carboxylic acids is 2. The number of carbonyl (C=O) groups is 2. The number of rotatable bonds is 2. The molecular formula is C12H16O5. The van der Waals surface area contributed by atoms with E-state index in [2.05, 4.69) is 9.62 Å². The summed E-state index contributed by atoms with van der Waals surface area (Å²) in [4.78, 5) is 23.6. The lowest BCUT2D eigenvalue weighted by Crippen LogP contribution is -2.17. The third-order valence-electron chi connectivity index (χ3n) is 1.49. The highest BCUT2D eigenvalue weighted by Gasteiger charge is 2.07. The van der Waals surface area contributed by atoms with E-state index in [-0.39, 0.29) is 5.60 Å². The standard InChI is InChI=1S/C7H6O3.C5H10O2/c8-7(10-9)6-4-2-1-3-5-6;1-5(2,3)7-4-6/h1-5,9H;4H,1-3H3. The minimum absolute atomic E-state index is 0.318. The van der Waals surface area contributed by atoms with E-state index in [1.165, 1.54) is 0 Å². The van der Waals surface area contributed by atoms with Crippen molar-refractivity contribution in [2.45, 2.75) is 26.4 Å². The summed E-state index contributed by atoms with van der Waals surface area (Å²) in [5.74, 6) is -0.736. The number of benzene rings is 1. The maximum Gasteiger partial charge on any atom is 0.372 e. The van der Waals surface area contributed by atoms with E-state index in [0.29, 0.717) is 12.0 Å². The zero-order valence-corrected chi connectivity index (χ0v) is 10.0. The van der Waals surface area contributed by atoms with Gasteiger partial charge in [0.25, 0.3) is 6.47 Å². The van der Waals surface area contributed by atoms with E-state index in [4.69, 9.17) is 5.26 Å². The van der Waals surface area contributed by atoms with Gasteiger partial charge in [0.2, 0.25) is 0 Å². The summed E-state index contributed by atoms with van der Waals surface area (Å²) in [6.45, 7) is 5.92. The number of hydrogen-bond donors (Lipinski definition) is 1. The molecule has 0 aliphatic heterocycles. The van der Waals surface area contributed by atoms with Crippen molar-refractivity contribution in [2.24, 2.45) is 0 Å². The molecule has 0 saturated heterocycles. The molecule has 0 fully saturated rings. The van der Waals surface area contributed by atoms with Gasteiger partial charge in [0.05, 0.1) is 5.56 Å². The second kappa shape index (κ2) is 7.40. The average Bonchev–Trinajstić information content (AvgIpc) is 2.28. The largest absolute Gasteiger partial charge is 0.462 e. The second-order valence-corrected chi connectivity index (χ2v) is 4.07. The molecule has 0 amide bonds. The maximum absolute atomic E-state index is 10.5. The van der Waals surface area contributed by atoms with Crippen molar-refractivity contribution in [3.63, 3.8) is 0 Å². The molecule has 0 atom stereocenters. The van der Waals surface area contributed by atoms with Gasteiger partial charge in [-0.1, -0.05) is 18.2 Å². The van der Waals surface area contributed by atoms with Crippen molar-refractivity contribution in [2.75, 3.05) is 0 Å². The minimum atomic E-state index is -0.736. The van der Waals surface area contributed by atoms with Crippen LogP contribution >= 0.6 is 0 Å².